The predicted molar refractivity (Wildman–Crippen MR) is 65.6 cm³/mol. The van der Waals surface area contributed by atoms with E-state index in [1.165, 1.54) is 23.6 Å². The predicted octanol–water partition coefficient (Wildman–Crippen LogP) is 3.22. The third-order valence-corrected chi connectivity index (χ3v) is 2.72. The van der Waals surface area contributed by atoms with Gasteiger partial charge in [-0.25, -0.2) is 0 Å². The van der Waals surface area contributed by atoms with Gasteiger partial charge in [-0.05, 0) is 29.5 Å². The zero-order chi connectivity index (χ0) is 12.1. The molecule has 0 aliphatic carbocycles. The van der Waals surface area contributed by atoms with Crippen molar-refractivity contribution in [3.8, 4) is 0 Å². The molecule has 0 atom stereocenters. The molecule has 0 aliphatic rings. The number of aryl methyl sites for hydroxylation is 1. The number of carbonyl (C=O) groups is 1. The molecule has 1 aromatic rings. The summed E-state index contributed by atoms with van der Waals surface area (Å²) >= 11 is 0. The van der Waals surface area contributed by atoms with Crippen LogP contribution in [0.4, 0.5) is 0 Å². The summed E-state index contributed by atoms with van der Waals surface area (Å²) in [4.78, 5) is 10.7. The van der Waals surface area contributed by atoms with Crippen LogP contribution in [0.2, 0.25) is 0 Å². The molecule has 0 fully saturated rings. The minimum atomic E-state index is -0.210. The van der Waals surface area contributed by atoms with Gasteiger partial charge < -0.3 is 4.74 Å². The minimum absolute atomic E-state index is 0.210. The Kier molecular flexibility index (Phi) is 4.53. The molecule has 0 N–H and O–H groups in total. The van der Waals surface area contributed by atoms with Crippen molar-refractivity contribution in [1.29, 1.82) is 0 Å². The van der Waals surface area contributed by atoms with Gasteiger partial charge in [-0.3, -0.25) is 4.79 Å². The van der Waals surface area contributed by atoms with Gasteiger partial charge in [-0.2, -0.15) is 0 Å². The zero-order valence-electron chi connectivity index (χ0n) is 10.5. The lowest BCUT2D eigenvalue weighted by Gasteiger charge is -2.11. The third-order valence-electron chi connectivity index (χ3n) is 2.72. The van der Waals surface area contributed by atoms with E-state index in [9.17, 15) is 4.79 Å². The average Bonchev–Trinajstić information content (AvgIpc) is 2.20. The maximum atomic E-state index is 10.7. The van der Waals surface area contributed by atoms with Crippen LogP contribution >= 0.6 is 0 Å². The molecular formula is C14H20O2. The van der Waals surface area contributed by atoms with Gasteiger partial charge in [-0.1, -0.05) is 32.0 Å². The summed E-state index contributed by atoms with van der Waals surface area (Å²) in [5.74, 6) is 0.325. The van der Waals surface area contributed by atoms with Crippen molar-refractivity contribution in [3.63, 3.8) is 0 Å². The van der Waals surface area contributed by atoms with Crippen LogP contribution in [-0.4, -0.2) is 12.6 Å². The lowest BCUT2D eigenvalue weighted by atomic mass is 9.96. The molecule has 0 aliphatic heterocycles. The number of hydrogen-bond donors (Lipinski definition) is 0. The second-order valence-corrected chi connectivity index (χ2v) is 4.43. The van der Waals surface area contributed by atoms with Crippen molar-refractivity contribution < 1.29 is 9.53 Å². The van der Waals surface area contributed by atoms with E-state index in [0.717, 1.165) is 6.42 Å². The zero-order valence-corrected chi connectivity index (χ0v) is 10.5. The van der Waals surface area contributed by atoms with Gasteiger partial charge in [0.25, 0.3) is 0 Å². The summed E-state index contributed by atoms with van der Waals surface area (Å²) in [5.41, 5.74) is 3.87. The van der Waals surface area contributed by atoms with Crippen molar-refractivity contribution in [1.82, 2.24) is 0 Å². The first-order valence-electron chi connectivity index (χ1n) is 5.73. The quantitative estimate of drug-likeness (QED) is 0.728. The van der Waals surface area contributed by atoms with Crippen molar-refractivity contribution >= 4 is 5.97 Å². The molecule has 2 heteroatoms. The van der Waals surface area contributed by atoms with Gasteiger partial charge in [0, 0.05) is 13.3 Å². The summed E-state index contributed by atoms with van der Waals surface area (Å²) in [6.07, 6.45) is 0.798. The number of carbonyl (C=O) groups excluding carboxylic acids is 1. The lowest BCUT2D eigenvalue weighted by Crippen LogP contribution is -2.05. The minimum Gasteiger partial charge on any atom is -0.466 e. The van der Waals surface area contributed by atoms with E-state index in [-0.39, 0.29) is 5.97 Å². The first kappa shape index (κ1) is 12.8. The van der Waals surface area contributed by atoms with Crippen LogP contribution in [0.5, 0.6) is 0 Å². The van der Waals surface area contributed by atoms with Crippen molar-refractivity contribution in [3.05, 3.63) is 34.9 Å². The molecule has 0 saturated carbocycles. The highest BCUT2D eigenvalue weighted by Crippen LogP contribution is 2.18. The Balaban J connectivity index is 2.70. The molecular weight excluding hydrogens is 200 g/mol. The highest BCUT2D eigenvalue weighted by molar-refractivity contribution is 5.65. The Bertz CT molecular complexity index is 367. The van der Waals surface area contributed by atoms with E-state index in [4.69, 9.17) is 4.74 Å². The molecule has 0 unspecified atom stereocenters. The number of benzene rings is 1. The Morgan fingerprint density at radius 3 is 2.62 bits per heavy atom. The Hall–Kier alpha value is -1.31. The van der Waals surface area contributed by atoms with Crippen LogP contribution in [0.1, 0.15) is 43.4 Å². The largest absolute Gasteiger partial charge is 0.466 e. The van der Waals surface area contributed by atoms with Gasteiger partial charge in [-0.15, -0.1) is 0 Å². The van der Waals surface area contributed by atoms with Crippen LogP contribution in [-0.2, 0) is 16.0 Å². The highest BCUT2D eigenvalue weighted by atomic mass is 16.5. The van der Waals surface area contributed by atoms with E-state index < -0.39 is 0 Å². The van der Waals surface area contributed by atoms with Crippen LogP contribution < -0.4 is 0 Å². The van der Waals surface area contributed by atoms with E-state index in [1.54, 1.807) is 0 Å². The normalized spacial score (nSPS) is 10.6. The Morgan fingerprint density at radius 1 is 1.38 bits per heavy atom. The van der Waals surface area contributed by atoms with Crippen molar-refractivity contribution in [2.45, 2.75) is 40.0 Å². The standard InChI is InChI=1S/C14H20O2/c1-10(2)13-6-5-11(3)14(9-13)7-8-16-12(4)15/h5-6,9-10H,7-8H2,1-4H3. The van der Waals surface area contributed by atoms with Crippen LogP contribution in [0.25, 0.3) is 0 Å². The smallest absolute Gasteiger partial charge is 0.302 e. The monoisotopic (exact) mass is 220 g/mol. The van der Waals surface area contributed by atoms with Gasteiger partial charge in [0.1, 0.15) is 0 Å². The van der Waals surface area contributed by atoms with E-state index in [2.05, 4.69) is 39.0 Å². The molecule has 16 heavy (non-hydrogen) atoms. The molecule has 0 bridgehead atoms. The molecule has 1 aromatic carbocycles. The second-order valence-electron chi connectivity index (χ2n) is 4.43. The fraction of sp³-hybridized carbons (Fsp3) is 0.500. The molecule has 2 nitrogen and oxygen atoms in total. The van der Waals surface area contributed by atoms with Crippen LogP contribution in [0.15, 0.2) is 18.2 Å². The highest BCUT2D eigenvalue weighted by Gasteiger charge is 2.04. The van der Waals surface area contributed by atoms with E-state index in [0.29, 0.717) is 12.5 Å². The number of hydrogen-bond acceptors (Lipinski definition) is 2. The first-order valence-corrected chi connectivity index (χ1v) is 5.73. The summed E-state index contributed by atoms with van der Waals surface area (Å²) in [5, 5.41) is 0. The maximum absolute atomic E-state index is 10.7. The third kappa shape index (κ3) is 3.69. The topological polar surface area (TPSA) is 26.3 Å². The van der Waals surface area contributed by atoms with Crippen LogP contribution in [0, 0.1) is 6.92 Å². The molecule has 0 aromatic heterocycles. The molecule has 0 heterocycles. The SMILES string of the molecule is CC(=O)OCCc1cc(C(C)C)ccc1C. The number of ether oxygens (including phenoxy) is 1. The first-order chi connectivity index (χ1) is 7.50. The number of rotatable bonds is 4. The molecule has 0 amide bonds. The van der Waals surface area contributed by atoms with Crippen LogP contribution in [0.3, 0.4) is 0 Å². The number of esters is 1. The molecule has 0 spiro atoms. The van der Waals surface area contributed by atoms with Gasteiger partial charge in [0.05, 0.1) is 6.61 Å². The van der Waals surface area contributed by atoms with Crippen molar-refractivity contribution in [2.24, 2.45) is 0 Å². The lowest BCUT2D eigenvalue weighted by molar-refractivity contribution is -0.140. The summed E-state index contributed by atoms with van der Waals surface area (Å²) in [6, 6.07) is 6.51. The van der Waals surface area contributed by atoms with Gasteiger partial charge in [0.15, 0.2) is 0 Å². The second kappa shape index (κ2) is 5.69. The summed E-state index contributed by atoms with van der Waals surface area (Å²) in [7, 11) is 0. The summed E-state index contributed by atoms with van der Waals surface area (Å²) < 4.78 is 4.96. The van der Waals surface area contributed by atoms with E-state index in [1.807, 2.05) is 0 Å². The van der Waals surface area contributed by atoms with Gasteiger partial charge >= 0.3 is 5.97 Å². The Labute approximate surface area is 97.6 Å². The fourth-order valence-corrected chi connectivity index (χ4v) is 1.62. The summed E-state index contributed by atoms with van der Waals surface area (Å²) in [6.45, 7) is 8.36. The fourth-order valence-electron chi connectivity index (χ4n) is 1.62. The molecule has 88 valence electrons. The average molecular weight is 220 g/mol. The molecule has 1 rings (SSSR count). The molecule has 0 radical (unpaired) electrons. The van der Waals surface area contributed by atoms with Gasteiger partial charge in [0.2, 0.25) is 0 Å². The van der Waals surface area contributed by atoms with E-state index >= 15 is 0 Å². The maximum Gasteiger partial charge on any atom is 0.302 e. The molecule has 0 saturated heterocycles. The Morgan fingerprint density at radius 2 is 2.06 bits per heavy atom. The van der Waals surface area contributed by atoms with Crippen molar-refractivity contribution in [2.75, 3.05) is 6.61 Å².